The van der Waals surface area contributed by atoms with Gasteiger partial charge in [-0.15, -0.1) is 0 Å². The fraction of sp³-hybridized carbons (Fsp3) is 0.263. The number of rotatable bonds is 7. The van der Waals surface area contributed by atoms with Crippen LogP contribution in [0.1, 0.15) is 17.5 Å². The lowest BCUT2D eigenvalue weighted by molar-refractivity contribution is -0.126. The van der Waals surface area contributed by atoms with E-state index in [2.05, 4.69) is 10.6 Å². The van der Waals surface area contributed by atoms with Crippen LogP contribution in [0.25, 0.3) is 0 Å². The van der Waals surface area contributed by atoms with Crippen LogP contribution in [0, 0.1) is 6.92 Å². The Balaban J connectivity index is 1.86. The first-order valence-electron chi connectivity index (χ1n) is 7.86. The summed E-state index contributed by atoms with van der Waals surface area (Å²) in [6, 6.07) is 12.7. The van der Waals surface area contributed by atoms with Crippen LogP contribution in [0.2, 0.25) is 0 Å². The van der Waals surface area contributed by atoms with Crippen LogP contribution in [-0.2, 0) is 16.1 Å². The van der Waals surface area contributed by atoms with Crippen LogP contribution >= 0.6 is 0 Å². The predicted octanol–water partition coefficient (Wildman–Crippen LogP) is 2.66. The van der Waals surface area contributed by atoms with Crippen LogP contribution in [0.5, 0.6) is 11.5 Å². The second-order valence-corrected chi connectivity index (χ2v) is 5.55. The molecule has 0 spiro atoms. The third-order valence-corrected chi connectivity index (χ3v) is 3.63. The minimum Gasteiger partial charge on any atom is -0.497 e. The minimum absolute atomic E-state index is 0.244. The van der Waals surface area contributed by atoms with Crippen LogP contribution in [0.4, 0.5) is 5.69 Å². The molecule has 2 amide bonds. The van der Waals surface area contributed by atoms with Crippen molar-refractivity contribution in [2.75, 3.05) is 19.5 Å². The summed E-state index contributed by atoms with van der Waals surface area (Å²) >= 11 is 0. The van der Waals surface area contributed by atoms with E-state index in [0.29, 0.717) is 17.2 Å². The predicted molar refractivity (Wildman–Crippen MR) is 95.8 cm³/mol. The molecule has 0 radical (unpaired) electrons. The van der Waals surface area contributed by atoms with Crippen LogP contribution in [0.3, 0.4) is 0 Å². The second kappa shape index (κ2) is 8.73. The maximum absolute atomic E-state index is 12.0. The van der Waals surface area contributed by atoms with Gasteiger partial charge in [0.1, 0.15) is 17.9 Å². The van der Waals surface area contributed by atoms with Crippen molar-refractivity contribution >= 4 is 17.5 Å². The number of anilines is 1. The zero-order valence-corrected chi connectivity index (χ0v) is 14.6. The van der Waals surface area contributed by atoms with Gasteiger partial charge in [-0.05, 0) is 31.2 Å². The first kappa shape index (κ1) is 18.3. The van der Waals surface area contributed by atoms with Gasteiger partial charge < -0.3 is 20.1 Å². The van der Waals surface area contributed by atoms with Gasteiger partial charge >= 0.3 is 0 Å². The Morgan fingerprint density at radius 2 is 1.68 bits per heavy atom. The summed E-state index contributed by atoms with van der Waals surface area (Å²) in [6.07, 6.45) is -0.244. The molecule has 6 heteroatoms. The Hall–Kier alpha value is -3.02. The largest absolute Gasteiger partial charge is 0.497 e. The van der Waals surface area contributed by atoms with Gasteiger partial charge in [0, 0.05) is 23.9 Å². The van der Waals surface area contributed by atoms with Gasteiger partial charge in [0.2, 0.25) is 11.8 Å². The zero-order chi connectivity index (χ0) is 18.2. The lowest BCUT2D eigenvalue weighted by Gasteiger charge is -2.11. The van der Waals surface area contributed by atoms with E-state index >= 15 is 0 Å². The van der Waals surface area contributed by atoms with Crippen molar-refractivity contribution in [3.63, 3.8) is 0 Å². The Morgan fingerprint density at radius 1 is 0.960 bits per heavy atom. The molecule has 132 valence electrons. The Morgan fingerprint density at radius 3 is 2.32 bits per heavy atom. The molecule has 2 aromatic rings. The molecule has 0 saturated heterocycles. The van der Waals surface area contributed by atoms with E-state index in [-0.39, 0.29) is 24.8 Å². The fourth-order valence-corrected chi connectivity index (χ4v) is 2.24. The van der Waals surface area contributed by atoms with Crippen LogP contribution in [0.15, 0.2) is 42.5 Å². The van der Waals surface area contributed by atoms with E-state index in [9.17, 15) is 9.59 Å². The molecular weight excluding hydrogens is 320 g/mol. The monoisotopic (exact) mass is 342 g/mol. The molecule has 6 nitrogen and oxygen atoms in total. The first-order chi connectivity index (χ1) is 12.0. The molecular formula is C19H22N2O4. The number of aryl methyl sites for hydroxylation is 1. The van der Waals surface area contributed by atoms with E-state index in [1.165, 1.54) is 0 Å². The lowest BCUT2D eigenvalue weighted by atomic mass is 10.2. The summed E-state index contributed by atoms with van der Waals surface area (Å²) in [4.78, 5) is 23.9. The molecule has 25 heavy (non-hydrogen) atoms. The quantitative estimate of drug-likeness (QED) is 0.759. The standard InChI is InChI=1S/C19H22N2O4/c1-13-4-7-15(8-5-13)21-19(23)11-18(22)20-12-14-6-9-16(24-2)10-17(14)25-3/h4-10H,11-12H2,1-3H3,(H,20,22)(H,21,23). The highest BCUT2D eigenvalue weighted by Gasteiger charge is 2.11. The van der Waals surface area contributed by atoms with Crippen molar-refractivity contribution in [2.24, 2.45) is 0 Å². The normalized spacial score (nSPS) is 10.0. The summed E-state index contributed by atoms with van der Waals surface area (Å²) in [5.74, 6) is 0.568. The third kappa shape index (κ3) is 5.53. The summed E-state index contributed by atoms with van der Waals surface area (Å²) in [5, 5.41) is 5.41. The van der Waals surface area contributed by atoms with Gasteiger partial charge in [-0.25, -0.2) is 0 Å². The first-order valence-corrected chi connectivity index (χ1v) is 7.86. The maximum atomic E-state index is 12.0. The zero-order valence-electron chi connectivity index (χ0n) is 14.6. The Kier molecular flexibility index (Phi) is 6.39. The topological polar surface area (TPSA) is 76.7 Å². The molecule has 2 N–H and O–H groups in total. The van der Waals surface area contributed by atoms with Crippen molar-refractivity contribution in [1.82, 2.24) is 5.32 Å². The van der Waals surface area contributed by atoms with Gasteiger partial charge in [-0.3, -0.25) is 9.59 Å². The Bertz CT molecular complexity index is 742. The van der Waals surface area contributed by atoms with E-state index in [4.69, 9.17) is 9.47 Å². The SMILES string of the molecule is COc1ccc(CNC(=O)CC(=O)Nc2ccc(C)cc2)c(OC)c1. The third-order valence-electron chi connectivity index (χ3n) is 3.63. The number of amides is 2. The number of hydrogen-bond acceptors (Lipinski definition) is 4. The van der Waals surface area contributed by atoms with Gasteiger partial charge in [-0.1, -0.05) is 17.7 Å². The number of carbonyl (C=O) groups excluding carboxylic acids is 2. The molecule has 0 aliphatic rings. The fourth-order valence-electron chi connectivity index (χ4n) is 2.24. The maximum Gasteiger partial charge on any atom is 0.233 e. The molecule has 2 aromatic carbocycles. The summed E-state index contributed by atoms with van der Waals surface area (Å²) in [6.45, 7) is 2.23. The molecule has 0 bridgehead atoms. The molecule has 0 saturated carbocycles. The van der Waals surface area contributed by atoms with Gasteiger partial charge in [0.25, 0.3) is 0 Å². The number of carbonyl (C=O) groups is 2. The minimum atomic E-state index is -0.359. The van der Waals surface area contributed by atoms with Crippen molar-refractivity contribution in [2.45, 2.75) is 19.9 Å². The number of nitrogens with one attached hydrogen (secondary N) is 2. The molecule has 0 unspecified atom stereocenters. The summed E-state index contributed by atoms with van der Waals surface area (Å²) in [7, 11) is 3.12. The van der Waals surface area contributed by atoms with Crippen molar-refractivity contribution < 1.29 is 19.1 Å². The highest BCUT2D eigenvalue weighted by atomic mass is 16.5. The molecule has 0 aliphatic heterocycles. The van der Waals surface area contributed by atoms with Crippen molar-refractivity contribution in [3.05, 3.63) is 53.6 Å². The number of hydrogen-bond donors (Lipinski definition) is 2. The van der Waals surface area contributed by atoms with E-state index in [0.717, 1.165) is 11.1 Å². The molecule has 0 aromatic heterocycles. The Labute approximate surface area is 147 Å². The highest BCUT2D eigenvalue weighted by molar-refractivity contribution is 6.03. The van der Waals surface area contributed by atoms with Gasteiger partial charge in [0.05, 0.1) is 14.2 Å². The van der Waals surface area contributed by atoms with E-state index in [1.807, 2.05) is 25.1 Å². The number of benzene rings is 2. The van der Waals surface area contributed by atoms with E-state index in [1.54, 1.807) is 38.5 Å². The van der Waals surface area contributed by atoms with Crippen LogP contribution in [-0.4, -0.2) is 26.0 Å². The highest BCUT2D eigenvalue weighted by Crippen LogP contribution is 2.24. The number of methoxy groups -OCH3 is 2. The average molecular weight is 342 g/mol. The van der Waals surface area contributed by atoms with E-state index < -0.39 is 0 Å². The molecule has 2 rings (SSSR count). The smallest absolute Gasteiger partial charge is 0.233 e. The molecule has 0 fully saturated rings. The molecule has 0 aliphatic carbocycles. The lowest BCUT2D eigenvalue weighted by Crippen LogP contribution is -2.27. The van der Waals surface area contributed by atoms with Crippen LogP contribution < -0.4 is 20.1 Å². The molecule has 0 atom stereocenters. The summed E-state index contributed by atoms with van der Waals surface area (Å²) in [5.41, 5.74) is 2.57. The summed E-state index contributed by atoms with van der Waals surface area (Å²) < 4.78 is 10.4. The van der Waals surface area contributed by atoms with Gasteiger partial charge in [0.15, 0.2) is 0 Å². The van der Waals surface area contributed by atoms with Gasteiger partial charge in [-0.2, -0.15) is 0 Å². The van der Waals surface area contributed by atoms with Crippen molar-refractivity contribution in [3.8, 4) is 11.5 Å². The van der Waals surface area contributed by atoms with Crippen molar-refractivity contribution in [1.29, 1.82) is 0 Å². The number of ether oxygens (including phenoxy) is 2. The molecule has 0 heterocycles. The average Bonchev–Trinajstić information content (AvgIpc) is 2.61. The second-order valence-electron chi connectivity index (χ2n) is 5.55.